The van der Waals surface area contributed by atoms with Crippen LogP contribution in [0.2, 0.25) is 5.02 Å². The molecule has 0 heterocycles. The molecule has 0 unspecified atom stereocenters. The van der Waals surface area contributed by atoms with Crippen molar-refractivity contribution < 1.29 is 9.72 Å². The van der Waals surface area contributed by atoms with Gasteiger partial charge in [0, 0.05) is 23.8 Å². The summed E-state index contributed by atoms with van der Waals surface area (Å²) in [6.07, 6.45) is 2.92. The molecule has 1 N–H and O–H groups in total. The summed E-state index contributed by atoms with van der Waals surface area (Å²) in [5, 5.41) is 13.7. The van der Waals surface area contributed by atoms with Gasteiger partial charge in [0.05, 0.1) is 16.5 Å². The molecule has 5 nitrogen and oxygen atoms in total. The maximum absolute atomic E-state index is 11.7. The number of hydrogen-bond donors (Lipinski definition) is 1. The van der Waals surface area contributed by atoms with E-state index in [0.29, 0.717) is 16.1 Å². The summed E-state index contributed by atoms with van der Waals surface area (Å²) in [7, 11) is 0. The maximum Gasteiger partial charge on any atom is 0.269 e. The summed E-state index contributed by atoms with van der Waals surface area (Å²) in [5.41, 5.74) is 1.40. The fourth-order valence-electron chi connectivity index (χ4n) is 1.77. The molecule has 2 rings (SSSR count). The van der Waals surface area contributed by atoms with Gasteiger partial charge in [-0.15, -0.1) is 0 Å². The van der Waals surface area contributed by atoms with E-state index in [1.807, 2.05) is 12.1 Å². The lowest BCUT2D eigenvalue weighted by Gasteiger charge is -1.96. The van der Waals surface area contributed by atoms with Crippen molar-refractivity contribution >= 4 is 29.3 Å². The molecule has 0 radical (unpaired) electrons. The van der Waals surface area contributed by atoms with Crippen LogP contribution in [0.5, 0.6) is 0 Å². The summed E-state index contributed by atoms with van der Waals surface area (Å²) in [6.45, 7) is 0.189. The predicted octanol–water partition coefficient (Wildman–Crippen LogP) is 3.43. The smallest absolute Gasteiger partial charge is 0.269 e. The van der Waals surface area contributed by atoms with Gasteiger partial charge in [0.25, 0.3) is 5.69 Å². The predicted molar refractivity (Wildman–Crippen MR) is 93.5 cm³/mol. The quantitative estimate of drug-likeness (QED) is 0.401. The van der Waals surface area contributed by atoms with Gasteiger partial charge >= 0.3 is 0 Å². The average molecular weight is 341 g/mol. The summed E-state index contributed by atoms with van der Waals surface area (Å²) >= 11 is 5.97. The summed E-state index contributed by atoms with van der Waals surface area (Å²) in [5.74, 6) is 5.39. The first-order valence-electron chi connectivity index (χ1n) is 7.00. The van der Waals surface area contributed by atoms with Crippen molar-refractivity contribution in [1.29, 1.82) is 0 Å². The molecule has 0 aliphatic heterocycles. The molecule has 6 heteroatoms. The van der Waals surface area contributed by atoms with E-state index in [-0.39, 0.29) is 18.1 Å². The van der Waals surface area contributed by atoms with Gasteiger partial charge in [0.15, 0.2) is 0 Å². The number of nitro benzene ring substituents is 1. The van der Waals surface area contributed by atoms with E-state index in [1.54, 1.807) is 30.3 Å². The monoisotopic (exact) mass is 340 g/mol. The molecule has 1 amide bonds. The third-order valence-electron chi connectivity index (χ3n) is 2.98. The summed E-state index contributed by atoms with van der Waals surface area (Å²) < 4.78 is 0. The number of benzene rings is 2. The molecule has 0 saturated carbocycles. The van der Waals surface area contributed by atoms with Crippen LogP contribution in [0.3, 0.4) is 0 Å². The Kier molecular flexibility index (Phi) is 6.12. The van der Waals surface area contributed by atoms with Gasteiger partial charge in [0.2, 0.25) is 5.91 Å². The second kappa shape index (κ2) is 8.51. The Morgan fingerprint density at radius 2 is 1.92 bits per heavy atom. The zero-order chi connectivity index (χ0) is 17.4. The number of non-ortho nitro benzene ring substituents is 1. The second-order valence-electron chi connectivity index (χ2n) is 4.68. The number of nitro groups is 1. The number of carbonyl (C=O) groups excluding carboxylic acids is 1. The molecule has 0 fully saturated rings. The van der Waals surface area contributed by atoms with Crippen LogP contribution in [0.25, 0.3) is 6.08 Å². The molecule has 120 valence electrons. The highest BCUT2D eigenvalue weighted by molar-refractivity contribution is 6.31. The topological polar surface area (TPSA) is 72.2 Å². The van der Waals surface area contributed by atoms with E-state index in [2.05, 4.69) is 17.2 Å². The number of rotatable bonds is 4. The van der Waals surface area contributed by atoms with Crippen LogP contribution in [0.1, 0.15) is 11.1 Å². The minimum absolute atomic E-state index is 0.00597. The molecule has 0 bridgehead atoms. The third-order valence-corrected chi connectivity index (χ3v) is 3.31. The van der Waals surface area contributed by atoms with Crippen molar-refractivity contribution in [2.75, 3.05) is 6.54 Å². The van der Waals surface area contributed by atoms with Crippen molar-refractivity contribution in [3.8, 4) is 11.8 Å². The highest BCUT2D eigenvalue weighted by atomic mass is 35.5. The van der Waals surface area contributed by atoms with E-state index in [1.165, 1.54) is 18.2 Å². The highest BCUT2D eigenvalue weighted by Gasteiger charge is 2.02. The molecule has 0 saturated heterocycles. The lowest BCUT2D eigenvalue weighted by molar-refractivity contribution is -0.384. The van der Waals surface area contributed by atoms with Gasteiger partial charge in [-0.3, -0.25) is 14.9 Å². The Morgan fingerprint density at radius 3 is 2.58 bits per heavy atom. The first-order chi connectivity index (χ1) is 11.6. The molecule has 0 aromatic heterocycles. The number of nitrogens with zero attached hydrogens (tertiary/aromatic N) is 1. The molecule has 0 aliphatic rings. The molecular formula is C18H13ClN2O3. The lowest BCUT2D eigenvalue weighted by atomic mass is 10.2. The van der Waals surface area contributed by atoms with Crippen molar-refractivity contribution in [2.24, 2.45) is 0 Å². The highest BCUT2D eigenvalue weighted by Crippen LogP contribution is 2.13. The Balaban J connectivity index is 1.85. The Labute approximate surface area is 144 Å². The van der Waals surface area contributed by atoms with Gasteiger partial charge in [-0.2, -0.15) is 0 Å². The maximum atomic E-state index is 11.7. The molecule has 2 aromatic rings. The fourth-order valence-corrected chi connectivity index (χ4v) is 1.95. The van der Waals surface area contributed by atoms with Crippen molar-refractivity contribution in [1.82, 2.24) is 5.32 Å². The van der Waals surface area contributed by atoms with Gasteiger partial charge < -0.3 is 5.32 Å². The Hall–Kier alpha value is -3.10. The molecule has 24 heavy (non-hydrogen) atoms. The number of carbonyl (C=O) groups is 1. The van der Waals surface area contributed by atoms with Crippen LogP contribution in [0, 0.1) is 22.0 Å². The second-order valence-corrected chi connectivity index (χ2v) is 5.09. The van der Waals surface area contributed by atoms with Gasteiger partial charge in [-0.05, 0) is 35.9 Å². The van der Waals surface area contributed by atoms with Crippen LogP contribution in [0.15, 0.2) is 54.6 Å². The SMILES string of the molecule is O=C(/C=C/c1ccc([N+](=O)[O-])cc1)NCC#Cc1ccccc1Cl. The zero-order valence-corrected chi connectivity index (χ0v) is 13.3. The van der Waals surface area contributed by atoms with E-state index in [9.17, 15) is 14.9 Å². The minimum atomic E-state index is -0.474. The minimum Gasteiger partial charge on any atom is -0.342 e. The van der Waals surface area contributed by atoms with E-state index >= 15 is 0 Å². The number of hydrogen-bond acceptors (Lipinski definition) is 3. The van der Waals surface area contributed by atoms with Crippen LogP contribution < -0.4 is 5.32 Å². The van der Waals surface area contributed by atoms with Crippen molar-refractivity contribution in [3.05, 3.63) is 80.9 Å². The number of halogens is 1. The summed E-state index contributed by atoms with van der Waals surface area (Å²) in [4.78, 5) is 21.7. The fraction of sp³-hybridized carbons (Fsp3) is 0.0556. The molecule has 0 aliphatic carbocycles. The van der Waals surface area contributed by atoms with Gasteiger partial charge in [0.1, 0.15) is 0 Å². The molecular weight excluding hydrogens is 328 g/mol. The lowest BCUT2D eigenvalue weighted by Crippen LogP contribution is -2.20. The van der Waals surface area contributed by atoms with E-state index in [4.69, 9.17) is 11.6 Å². The number of nitrogens with one attached hydrogen (secondary N) is 1. The van der Waals surface area contributed by atoms with Crippen LogP contribution in [-0.4, -0.2) is 17.4 Å². The number of amides is 1. The van der Waals surface area contributed by atoms with Crippen molar-refractivity contribution in [2.45, 2.75) is 0 Å². The Morgan fingerprint density at radius 1 is 1.21 bits per heavy atom. The Bertz CT molecular complexity index is 833. The molecule has 0 atom stereocenters. The van der Waals surface area contributed by atoms with Crippen LogP contribution in [0.4, 0.5) is 5.69 Å². The standard InChI is InChI=1S/C18H13ClN2O3/c19-17-6-2-1-4-15(17)5-3-13-20-18(22)12-9-14-7-10-16(11-8-14)21(23)24/h1-2,4,6-12H,13H2,(H,20,22)/b12-9+. The zero-order valence-electron chi connectivity index (χ0n) is 12.5. The largest absolute Gasteiger partial charge is 0.342 e. The van der Waals surface area contributed by atoms with Crippen LogP contribution >= 0.6 is 11.6 Å². The first kappa shape index (κ1) is 17.3. The van der Waals surface area contributed by atoms with Crippen LogP contribution in [-0.2, 0) is 4.79 Å². The molecule has 2 aromatic carbocycles. The first-order valence-corrected chi connectivity index (χ1v) is 7.38. The van der Waals surface area contributed by atoms with Gasteiger partial charge in [-0.25, -0.2) is 0 Å². The van der Waals surface area contributed by atoms with E-state index < -0.39 is 4.92 Å². The third kappa shape index (κ3) is 5.27. The van der Waals surface area contributed by atoms with Crippen molar-refractivity contribution in [3.63, 3.8) is 0 Å². The van der Waals surface area contributed by atoms with Gasteiger partial charge in [-0.1, -0.05) is 35.6 Å². The average Bonchev–Trinajstić information content (AvgIpc) is 2.58. The molecule has 0 spiro atoms. The normalized spacial score (nSPS) is 10.0. The summed E-state index contributed by atoms with van der Waals surface area (Å²) in [6, 6.07) is 13.1. The van der Waals surface area contributed by atoms with E-state index in [0.717, 1.165) is 0 Å².